The Bertz CT molecular complexity index is 1420. The average molecular weight is 707 g/mol. The Morgan fingerprint density at radius 1 is 0.647 bits per heavy atom. The first kappa shape index (κ1) is 38.8. The quantitative estimate of drug-likeness (QED) is 0.127. The van der Waals surface area contributed by atoms with Gasteiger partial charge >= 0.3 is 0 Å². The zero-order valence-electron chi connectivity index (χ0n) is 30.7. The summed E-state index contributed by atoms with van der Waals surface area (Å²) in [6.45, 7) is 12.9. The number of benzene rings is 4. The first-order valence-electron chi connectivity index (χ1n) is 18.9. The Hall–Kier alpha value is -3.46. The van der Waals surface area contributed by atoms with E-state index in [0.717, 1.165) is 70.2 Å². The summed E-state index contributed by atoms with van der Waals surface area (Å²) in [5, 5.41) is 6.76. The highest BCUT2D eigenvalue weighted by Crippen LogP contribution is 2.28. The SMILES string of the molecule is CC1CN(CCNCCC(c2ccccc2)c2ccccc2)CC(C)O1.O=C(CN1CCSCC1)NCCC(c1ccccc1)c1ccccc1. The largest absolute Gasteiger partial charge is 0.373 e. The van der Waals surface area contributed by atoms with E-state index in [1.54, 1.807) is 0 Å². The van der Waals surface area contributed by atoms with Crippen molar-refractivity contribution in [3.8, 4) is 0 Å². The minimum absolute atomic E-state index is 0.145. The number of hydrogen-bond donors (Lipinski definition) is 2. The molecular weight excluding hydrogens is 649 g/mol. The van der Waals surface area contributed by atoms with Crippen LogP contribution in [0.4, 0.5) is 0 Å². The number of morpholine rings is 1. The van der Waals surface area contributed by atoms with Crippen LogP contribution in [0.25, 0.3) is 0 Å². The summed E-state index contributed by atoms with van der Waals surface area (Å²) in [5.41, 5.74) is 5.40. The molecule has 2 aliphatic heterocycles. The van der Waals surface area contributed by atoms with Gasteiger partial charge in [0.05, 0.1) is 18.8 Å². The van der Waals surface area contributed by atoms with Gasteiger partial charge in [-0.2, -0.15) is 11.8 Å². The molecule has 0 saturated carbocycles. The molecule has 0 aliphatic carbocycles. The Morgan fingerprint density at radius 2 is 1.08 bits per heavy atom. The van der Waals surface area contributed by atoms with Crippen LogP contribution in [0, 0.1) is 0 Å². The summed E-state index contributed by atoms with van der Waals surface area (Å²) in [7, 11) is 0. The molecule has 2 fully saturated rings. The lowest BCUT2D eigenvalue weighted by molar-refractivity contribution is -0.122. The predicted octanol–water partition coefficient (Wildman–Crippen LogP) is 7.28. The summed E-state index contributed by atoms with van der Waals surface area (Å²) in [5.74, 6) is 3.18. The molecule has 0 bridgehead atoms. The minimum Gasteiger partial charge on any atom is -0.373 e. The fraction of sp³-hybridized carbons (Fsp3) is 0.432. The molecule has 272 valence electrons. The molecule has 51 heavy (non-hydrogen) atoms. The lowest BCUT2D eigenvalue weighted by Gasteiger charge is -2.35. The molecule has 2 saturated heterocycles. The Kier molecular flexibility index (Phi) is 16.6. The van der Waals surface area contributed by atoms with Crippen LogP contribution < -0.4 is 10.6 Å². The Balaban J connectivity index is 0.000000198. The molecule has 2 unspecified atom stereocenters. The van der Waals surface area contributed by atoms with Crippen LogP contribution in [0.5, 0.6) is 0 Å². The number of rotatable bonds is 15. The van der Waals surface area contributed by atoms with Gasteiger partial charge in [0.25, 0.3) is 0 Å². The van der Waals surface area contributed by atoms with Gasteiger partial charge in [0, 0.05) is 69.2 Å². The van der Waals surface area contributed by atoms with Crippen molar-refractivity contribution in [1.82, 2.24) is 20.4 Å². The molecule has 4 aromatic carbocycles. The molecule has 2 aliphatic rings. The van der Waals surface area contributed by atoms with E-state index in [-0.39, 0.29) is 5.91 Å². The number of hydrogen-bond acceptors (Lipinski definition) is 6. The van der Waals surface area contributed by atoms with Gasteiger partial charge in [-0.1, -0.05) is 121 Å². The number of carbonyl (C=O) groups excluding carboxylic acids is 1. The van der Waals surface area contributed by atoms with Crippen molar-refractivity contribution in [1.29, 1.82) is 0 Å². The van der Waals surface area contributed by atoms with E-state index in [0.29, 0.717) is 37.1 Å². The highest BCUT2D eigenvalue weighted by molar-refractivity contribution is 7.99. The first-order valence-corrected chi connectivity index (χ1v) is 20.1. The van der Waals surface area contributed by atoms with E-state index in [1.165, 1.54) is 22.3 Å². The molecule has 6 nitrogen and oxygen atoms in total. The third-order valence-corrected chi connectivity index (χ3v) is 10.7. The van der Waals surface area contributed by atoms with Gasteiger partial charge in [-0.25, -0.2) is 0 Å². The van der Waals surface area contributed by atoms with Crippen LogP contribution in [-0.2, 0) is 9.53 Å². The standard InChI is InChI=1S/C23H32N2O.C21H26N2OS/c1-19-17-25(18-20(2)26-19)16-15-24-14-13-23(21-9-5-3-6-10-21)22-11-7-4-8-12-22;24-21(17-23-13-15-25-16-14-23)22-12-11-20(18-7-3-1-4-8-18)19-9-5-2-6-10-19/h3-12,19-20,23-24H,13-18H2,1-2H3;1-10,20H,11-17H2,(H,22,24). The smallest absolute Gasteiger partial charge is 0.234 e. The Morgan fingerprint density at radius 3 is 1.53 bits per heavy atom. The molecule has 4 aromatic rings. The summed E-state index contributed by atoms with van der Waals surface area (Å²) >= 11 is 1.97. The second kappa shape index (κ2) is 21.8. The average Bonchev–Trinajstić information content (AvgIpc) is 3.16. The summed E-state index contributed by atoms with van der Waals surface area (Å²) in [6, 6.07) is 42.8. The number of thioether (sulfide) groups is 1. The van der Waals surface area contributed by atoms with Crippen molar-refractivity contribution in [3.05, 3.63) is 144 Å². The van der Waals surface area contributed by atoms with Crippen molar-refractivity contribution in [2.24, 2.45) is 0 Å². The Labute approximate surface area is 311 Å². The minimum atomic E-state index is 0.145. The van der Waals surface area contributed by atoms with Crippen LogP contribution in [0.15, 0.2) is 121 Å². The van der Waals surface area contributed by atoms with Crippen LogP contribution in [0.2, 0.25) is 0 Å². The summed E-state index contributed by atoms with van der Waals surface area (Å²) in [4.78, 5) is 17.0. The number of ether oxygens (including phenoxy) is 1. The lowest BCUT2D eigenvalue weighted by Crippen LogP contribution is -2.47. The zero-order chi connectivity index (χ0) is 35.5. The monoisotopic (exact) mass is 706 g/mol. The fourth-order valence-electron chi connectivity index (χ4n) is 7.24. The van der Waals surface area contributed by atoms with Crippen molar-refractivity contribution in [3.63, 3.8) is 0 Å². The third kappa shape index (κ3) is 13.6. The molecule has 0 aromatic heterocycles. The van der Waals surface area contributed by atoms with Crippen LogP contribution >= 0.6 is 11.8 Å². The second-order valence-corrected chi connectivity index (χ2v) is 15.1. The molecule has 0 spiro atoms. The zero-order valence-corrected chi connectivity index (χ0v) is 31.5. The highest BCUT2D eigenvalue weighted by atomic mass is 32.2. The number of amides is 1. The van der Waals surface area contributed by atoms with Crippen LogP contribution in [-0.4, -0.2) is 98.3 Å². The molecular formula is C44H58N4O2S. The summed E-state index contributed by atoms with van der Waals surface area (Å²) in [6.07, 6.45) is 2.72. The predicted molar refractivity (Wildman–Crippen MR) is 215 cm³/mol. The van der Waals surface area contributed by atoms with Gasteiger partial charge in [0.1, 0.15) is 0 Å². The fourth-order valence-corrected chi connectivity index (χ4v) is 8.22. The maximum atomic E-state index is 12.2. The molecule has 2 atom stereocenters. The number of nitrogens with one attached hydrogen (secondary N) is 2. The maximum Gasteiger partial charge on any atom is 0.234 e. The van der Waals surface area contributed by atoms with Crippen molar-refractivity contribution in [2.45, 2.75) is 50.7 Å². The lowest BCUT2D eigenvalue weighted by atomic mass is 9.88. The molecule has 2 heterocycles. The van der Waals surface area contributed by atoms with E-state index in [4.69, 9.17) is 4.74 Å². The van der Waals surface area contributed by atoms with Crippen molar-refractivity contribution in [2.75, 3.05) is 70.4 Å². The van der Waals surface area contributed by atoms with E-state index < -0.39 is 0 Å². The normalized spacial score (nSPS) is 18.3. The van der Waals surface area contributed by atoms with Gasteiger partial charge in [-0.15, -0.1) is 0 Å². The molecule has 2 N–H and O–H groups in total. The number of carbonyl (C=O) groups is 1. The van der Waals surface area contributed by atoms with Gasteiger partial charge in [-0.05, 0) is 55.5 Å². The third-order valence-electron chi connectivity index (χ3n) is 9.74. The molecule has 0 radical (unpaired) electrons. The molecule has 6 rings (SSSR count). The maximum absolute atomic E-state index is 12.2. The van der Waals surface area contributed by atoms with Gasteiger partial charge in [0.15, 0.2) is 0 Å². The highest BCUT2D eigenvalue weighted by Gasteiger charge is 2.22. The molecule has 1 amide bonds. The first-order chi connectivity index (χ1) is 25.0. The van der Waals surface area contributed by atoms with E-state index >= 15 is 0 Å². The van der Waals surface area contributed by atoms with Gasteiger partial charge < -0.3 is 15.4 Å². The topological polar surface area (TPSA) is 56.8 Å². The van der Waals surface area contributed by atoms with E-state index in [2.05, 4.69) is 143 Å². The van der Waals surface area contributed by atoms with E-state index in [9.17, 15) is 4.79 Å². The molecule has 7 heteroatoms. The van der Waals surface area contributed by atoms with Crippen molar-refractivity contribution >= 4 is 17.7 Å². The second-order valence-electron chi connectivity index (χ2n) is 13.8. The van der Waals surface area contributed by atoms with Crippen LogP contribution in [0.3, 0.4) is 0 Å². The van der Waals surface area contributed by atoms with E-state index in [1.807, 2.05) is 23.9 Å². The van der Waals surface area contributed by atoms with Crippen molar-refractivity contribution < 1.29 is 9.53 Å². The van der Waals surface area contributed by atoms with Gasteiger partial charge in [-0.3, -0.25) is 14.6 Å². The van der Waals surface area contributed by atoms with Crippen LogP contribution in [0.1, 0.15) is 60.8 Å². The number of nitrogens with zero attached hydrogens (tertiary/aromatic N) is 2. The summed E-state index contributed by atoms with van der Waals surface area (Å²) < 4.78 is 5.81. The van der Waals surface area contributed by atoms with Gasteiger partial charge in [0.2, 0.25) is 5.91 Å².